The van der Waals surface area contributed by atoms with Crippen LogP contribution in [-0.2, 0) is 12.6 Å². The third-order valence-corrected chi connectivity index (χ3v) is 4.83. The van der Waals surface area contributed by atoms with Crippen molar-refractivity contribution in [2.45, 2.75) is 25.9 Å². The first kappa shape index (κ1) is 17.0. The summed E-state index contributed by atoms with van der Waals surface area (Å²) in [6.45, 7) is 2.13. The van der Waals surface area contributed by atoms with Crippen molar-refractivity contribution in [3.05, 3.63) is 70.2 Å². The normalized spacial score (nSPS) is 11.9. The summed E-state index contributed by atoms with van der Waals surface area (Å²) in [5, 5.41) is 2.20. The summed E-state index contributed by atoms with van der Waals surface area (Å²) in [4.78, 5) is 0. The van der Waals surface area contributed by atoms with Crippen LogP contribution in [0.1, 0.15) is 24.5 Å². The van der Waals surface area contributed by atoms with Crippen LogP contribution in [0.25, 0.3) is 21.9 Å². The zero-order valence-electron chi connectivity index (χ0n) is 13.1. The lowest BCUT2D eigenvalue weighted by atomic mass is 9.93. The molecule has 0 aliphatic carbocycles. The van der Waals surface area contributed by atoms with E-state index in [9.17, 15) is 13.2 Å². The number of fused-ring (bicyclic) bond motifs is 1. The van der Waals surface area contributed by atoms with Gasteiger partial charge in [0, 0.05) is 4.47 Å². The summed E-state index contributed by atoms with van der Waals surface area (Å²) < 4.78 is 39.3. The average molecular weight is 393 g/mol. The lowest BCUT2D eigenvalue weighted by molar-refractivity contribution is -0.137. The minimum Gasteiger partial charge on any atom is -0.166 e. The van der Waals surface area contributed by atoms with E-state index in [1.165, 1.54) is 17.7 Å². The second-order valence-electron chi connectivity index (χ2n) is 5.76. The molecule has 0 radical (unpaired) electrons. The van der Waals surface area contributed by atoms with Crippen LogP contribution in [0.15, 0.2) is 59.1 Å². The standard InChI is InChI=1S/C20H16BrF3/c1-2-5-17-15-6-3-4-7-16(15)18(12-19(17)21)13-8-10-14(11-9-13)20(22,23)24/h3-4,6-12H,2,5H2,1H3. The van der Waals surface area contributed by atoms with E-state index in [0.29, 0.717) is 0 Å². The molecule has 3 aromatic carbocycles. The number of aryl methyl sites for hydroxylation is 1. The molecule has 0 heterocycles. The zero-order chi connectivity index (χ0) is 17.3. The second kappa shape index (κ2) is 6.60. The third kappa shape index (κ3) is 3.20. The van der Waals surface area contributed by atoms with Crippen LogP contribution in [0.5, 0.6) is 0 Å². The van der Waals surface area contributed by atoms with Gasteiger partial charge < -0.3 is 0 Å². The number of hydrogen-bond donors (Lipinski definition) is 0. The molecule has 124 valence electrons. The highest BCUT2D eigenvalue weighted by Gasteiger charge is 2.30. The van der Waals surface area contributed by atoms with Crippen LogP contribution in [0, 0.1) is 0 Å². The van der Waals surface area contributed by atoms with E-state index in [1.54, 1.807) is 0 Å². The molecule has 0 fully saturated rings. The summed E-state index contributed by atoms with van der Waals surface area (Å²) in [5.41, 5.74) is 2.33. The Morgan fingerprint density at radius 1 is 0.917 bits per heavy atom. The molecule has 0 aromatic heterocycles. The Morgan fingerprint density at radius 3 is 2.12 bits per heavy atom. The summed E-state index contributed by atoms with van der Waals surface area (Å²) in [6, 6.07) is 15.4. The maximum absolute atomic E-state index is 12.8. The number of rotatable bonds is 3. The van der Waals surface area contributed by atoms with E-state index < -0.39 is 11.7 Å². The van der Waals surface area contributed by atoms with Gasteiger partial charge in [0.1, 0.15) is 0 Å². The van der Waals surface area contributed by atoms with Crippen LogP contribution < -0.4 is 0 Å². The average Bonchev–Trinajstić information content (AvgIpc) is 2.56. The van der Waals surface area contributed by atoms with Crippen molar-refractivity contribution in [1.82, 2.24) is 0 Å². The van der Waals surface area contributed by atoms with Gasteiger partial charge in [-0.3, -0.25) is 0 Å². The van der Waals surface area contributed by atoms with Gasteiger partial charge in [-0.15, -0.1) is 0 Å². The molecule has 3 aromatic rings. The van der Waals surface area contributed by atoms with Crippen LogP contribution in [0.3, 0.4) is 0 Å². The smallest absolute Gasteiger partial charge is 0.166 e. The molecule has 24 heavy (non-hydrogen) atoms. The fourth-order valence-corrected chi connectivity index (χ4v) is 3.62. The summed E-state index contributed by atoms with van der Waals surface area (Å²) in [5.74, 6) is 0. The Morgan fingerprint density at radius 2 is 1.54 bits per heavy atom. The molecule has 3 rings (SSSR count). The summed E-state index contributed by atoms with van der Waals surface area (Å²) >= 11 is 3.63. The summed E-state index contributed by atoms with van der Waals surface area (Å²) in [6.07, 6.45) is -2.33. The Kier molecular flexibility index (Phi) is 4.68. The lowest BCUT2D eigenvalue weighted by Crippen LogP contribution is -2.04. The van der Waals surface area contributed by atoms with Crippen molar-refractivity contribution >= 4 is 26.7 Å². The van der Waals surface area contributed by atoms with Crippen molar-refractivity contribution in [2.75, 3.05) is 0 Å². The van der Waals surface area contributed by atoms with Gasteiger partial charge in [0.05, 0.1) is 5.56 Å². The van der Waals surface area contributed by atoms with E-state index in [0.717, 1.165) is 51.3 Å². The SMILES string of the molecule is CCCc1c(Br)cc(-c2ccc(C(F)(F)F)cc2)c2ccccc12. The van der Waals surface area contributed by atoms with Crippen molar-refractivity contribution in [2.24, 2.45) is 0 Å². The number of hydrogen-bond acceptors (Lipinski definition) is 0. The quantitative estimate of drug-likeness (QED) is 0.440. The van der Waals surface area contributed by atoms with Crippen LogP contribution >= 0.6 is 15.9 Å². The number of alkyl halides is 3. The lowest BCUT2D eigenvalue weighted by Gasteiger charge is -2.14. The van der Waals surface area contributed by atoms with Gasteiger partial charge in [-0.25, -0.2) is 0 Å². The van der Waals surface area contributed by atoms with Gasteiger partial charge in [0.15, 0.2) is 0 Å². The monoisotopic (exact) mass is 392 g/mol. The van der Waals surface area contributed by atoms with Crippen LogP contribution in [0.4, 0.5) is 13.2 Å². The highest BCUT2D eigenvalue weighted by molar-refractivity contribution is 9.10. The Hall–Kier alpha value is -1.81. The van der Waals surface area contributed by atoms with Crippen molar-refractivity contribution in [3.63, 3.8) is 0 Å². The molecule has 0 bridgehead atoms. The van der Waals surface area contributed by atoms with Gasteiger partial charge in [-0.1, -0.05) is 65.7 Å². The molecule has 0 N–H and O–H groups in total. The van der Waals surface area contributed by atoms with Gasteiger partial charge in [0.2, 0.25) is 0 Å². The molecule has 0 spiro atoms. The molecule has 0 nitrogen and oxygen atoms in total. The third-order valence-electron chi connectivity index (χ3n) is 4.12. The van der Waals surface area contributed by atoms with E-state index >= 15 is 0 Å². The predicted octanol–water partition coefficient (Wildman–Crippen LogP) is 7.24. The molecule has 0 atom stereocenters. The largest absolute Gasteiger partial charge is 0.416 e. The van der Waals surface area contributed by atoms with E-state index in [2.05, 4.69) is 28.9 Å². The van der Waals surface area contributed by atoms with E-state index in [4.69, 9.17) is 0 Å². The fourth-order valence-electron chi connectivity index (χ4n) is 2.98. The zero-order valence-corrected chi connectivity index (χ0v) is 14.7. The van der Waals surface area contributed by atoms with Crippen molar-refractivity contribution in [3.8, 4) is 11.1 Å². The van der Waals surface area contributed by atoms with Crippen LogP contribution in [-0.4, -0.2) is 0 Å². The fraction of sp³-hybridized carbons (Fsp3) is 0.200. The Balaban J connectivity index is 2.18. The molecule has 0 amide bonds. The Bertz CT molecular complexity index is 864. The van der Waals surface area contributed by atoms with Gasteiger partial charge in [-0.05, 0) is 52.1 Å². The highest BCUT2D eigenvalue weighted by Crippen LogP contribution is 2.37. The maximum Gasteiger partial charge on any atom is 0.416 e. The highest BCUT2D eigenvalue weighted by atomic mass is 79.9. The number of halogens is 4. The molecule has 0 aliphatic heterocycles. The molecular weight excluding hydrogens is 377 g/mol. The molecule has 0 aliphatic rings. The maximum atomic E-state index is 12.8. The minimum atomic E-state index is -4.31. The molecule has 4 heteroatoms. The Labute approximate surface area is 147 Å². The van der Waals surface area contributed by atoms with Gasteiger partial charge in [-0.2, -0.15) is 13.2 Å². The number of benzene rings is 3. The van der Waals surface area contributed by atoms with Crippen molar-refractivity contribution in [1.29, 1.82) is 0 Å². The molecule has 0 unspecified atom stereocenters. The summed E-state index contributed by atoms with van der Waals surface area (Å²) in [7, 11) is 0. The van der Waals surface area contributed by atoms with Gasteiger partial charge in [0.25, 0.3) is 0 Å². The minimum absolute atomic E-state index is 0.628. The van der Waals surface area contributed by atoms with E-state index in [-0.39, 0.29) is 0 Å². The van der Waals surface area contributed by atoms with E-state index in [1.807, 2.05) is 24.3 Å². The first-order valence-corrected chi connectivity index (χ1v) is 8.59. The van der Waals surface area contributed by atoms with Crippen molar-refractivity contribution < 1.29 is 13.2 Å². The molecular formula is C20H16BrF3. The molecule has 0 saturated heterocycles. The second-order valence-corrected chi connectivity index (χ2v) is 6.61. The predicted molar refractivity (Wildman–Crippen MR) is 96.1 cm³/mol. The topological polar surface area (TPSA) is 0 Å². The molecule has 0 saturated carbocycles. The van der Waals surface area contributed by atoms with Crippen LogP contribution in [0.2, 0.25) is 0 Å². The first-order chi connectivity index (χ1) is 11.4. The first-order valence-electron chi connectivity index (χ1n) is 7.79. The van der Waals surface area contributed by atoms with Gasteiger partial charge >= 0.3 is 6.18 Å².